The van der Waals surface area contributed by atoms with E-state index in [0.29, 0.717) is 5.56 Å². The maximum Gasteiger partial charge on any atom is 0.253 e. The predicted molar refractivity (Wildman–Crippen MR) is 102 cm³/mol. The van der Waals surface area contributed by atoms with Crippen LogP contribution in [0.1, 0.15) is 28.4 Å². The lowest BCUT2D eigenvalue weighted by Crippen LogP contribution is -2.24. The number of nitrogens with one attached hydrogen (secondary N) is 2. The molecule has 0 aromatic heterocycles. The number of benzene rings is 2. The highest BCUT2D eigenvalue weighted by Crippen LogP contribution is 2.21. The summed E-state index contributed by atoms with van der Waals surface area (Å²) in [7, 11) is 3.42. The monoisotopic (exact) mass is 339 g/mol. The summed E-state index contributed by atoms with van der Waals surface area (Å²) >= 11 is 0. The van der Waals surface area contributed by atoms with Crippen LogP contribution in [0.25, 0.3) is 0 Å². The summed E-state index contributed by atoms with van der Waals surface area (Å²) in [5, 5.41) is 6.05. The van der Waals surface area contributed by atoms with Gasteiger partial charge in [0.05, 0.1) is 6.54 Å². The molecule has 2 aromatic carbocycles. The lowest BCUT2D eigenvalue weighted by atomic mass is 10.1. The molecule has 132 valence electrons. The summed E-state index contributed by atoms with van der Waals surface area (Å²) in [5.41, 5.74) is 4.37. The second-order valence-electron chi connectivity index (χ2n) is 6.14. The molecule has 5 nitrogen and oxygen atoms in total. The predicted octanol–water partition coefficient (Wildman–Crippen LogP) is 3.31. The quantitative estimate of drug-likeness (QED) is 0.849. The van der Waals surface area contributed by atoms with Crippen LogP contribution in [0.3, 0.4) is 0 Å². The highest BCUT2D eigenvalue weighted by molar-refractivity contribution is 5.96. The molecule has 0 aliphatic carbocycles. The number of carbonyl (C=O) groups excluding carboxylic acids is 2. The van der Waals surface area contributed by atoms with Crippen LogP contribution < -0.4 is 10.6 Å². The molecule has 0 radical (unpaired) electrons. The van der Waals surface area contributed by atoms with Crippen LogP contribution in [0.2, 0.25) is 0 Å². The summed E-state index contributed by atoms with van der Waals surface area (Å²) in [5.74, 6) is -0.186. The van der Waals surface area contributed by atoms with Crippen molar-refractivity contribution < 1.29 is 9.59 Å². The zero-order valence-corrected chi connectivity index (χ0v) is 15.2. The van der Waals surface area contributed by atoms with Crippen molar-refractivity contribution in [3.8, 4) is 0 Å². The Morgan fingerprint density at radius 2 is 1.80 bits per heavy atom. The van der Waals surface area contributed by atoms with E-state index in [1.54, 1.807) is 32.3 Å². The van der Waals surface area contributed by atoms with Crippen LogP contribution in [0.5, 0.6) is 0 Å². The fourth-order valence-corrected chi connectivity index (χ4v) is 2.59. The van der Waals surface area contributed by atoms with E-state index >= 15 is 0 Å². The Hall–Kier alpha value is -2.82. The van der Waals surface area contributed by atoms with E-state index in [4.69, 9.17) is 0 Å². The fourth-order valence-electron chi connectivity index (χ4n) is 2.59. The average Bonchev–Trinajstić information content (AvgIpc) is 2.61. The van der Waals surface area contributed by atoms with E-state index in [-0.39, 0.29) is 18.4 Å². The van der Waals surface area contributed by atoms with Crippen molar-refractivity contribution in [2.24, 2.45) is 0 Å². The fraction of sp³-hybridized carbons (Fsp3) is 0.300. The van der Waals surface area contributed by atoms with Crippen LogP contribution in [0, 0.1) is 6.92 Å². The van der Waals surface area contributed by atoms with Crippen LogP contribution >= 0.6 is 0 Å². The topological polar surface area (TPSA) is 61.4 Å². The molecular formula is C20H25N3O2. The Labute approximate surface area is 149 Å². The summed E-state index contributed by atoms with van der Waals surface area (Å²) in [6.07, 6.45) is 0.861. The second kappa shape index (κ2) is 8.33. The number of hydrogen-bond acceptors (Lipinski definition) is 3. The molecule has 25 heavy (non-hydrogen) atoms. The summed E-state index contributed by atoms with van der Waals surface area (Å²) in [6, 6.07) is 13.1. The van der Waals surface area contributed by atoms with Gasteiger partial charge in [-0.1, -0.05) is 31.2 Å². The minimum atomic E-state index is -0.117. The number of rotatable bonds is 6. The van der Waals surface area contributed by atoms with Gasteiger partial charge in [-0.2, -0.15) is 0 Å². The maximum absolute atomic E-state index is 12.3. The van der Waals surface area contributed by atoms with Gasteiger partial charge in [0.1, 0.15) is 0 Å². The van der Waals surface area contributed by atoms with Gasteiger partial charge < -0.3 is 15.5 Å². The third-order valence-corrected chi connectivity index (χ3v) is 3.97. The van der Waals surface area contributed by atoms with Crippen molar-refractivity contribution in [3.05, 3.63) is 59.2 Å². The first-order chi connectivity index (χ1) is 11.9. The van der Waals surface area contributed by atoms with E-state index in [1.807, 2.05) is 31.2 Å². The summed E-state index contributed by atoms with van der Waals surface area (Å²) in [6.45, 7) is 4.19. The van der Waals surface area contributed by atoms with Gasteiger partial charge in [-0.05, 0) is 42.7 Å². The minimum absolute atomic E-state index is 0.0689. The molecule has 2 amide bonds. The standard InChI is InChI=1S/C20H25N3O2/c1-5-15-9-6-8-14(2)19(15)22-18(24)13-21-17-11-7-10-16(12-17)20(25)23(3)4/h6-12,21H,5,13H2,1-4H3,(H,22,24). The van der Waals surface area contributed by atoms with Gasteiger partial charge in [0.15, 0.2) is 0 Å². The zero-order chi connectivity index (χ0) is 18.4. The van der Waals surface area contributed by atoms with Crippen molar-refractivity contribution in [3.63, 3.8) is 0 Å². The lowest BCUT2D eigenvalue weighted by Gasteiger charge is -2.14. The van der Waals surface area contributed by atoms with E-state index in [9.17, 15) is 9.59 Å². The molecule has 0 saturated heterocycles. The highest BCUT2D eigenvalue weighted by Gasteiger charge is 2.10. The molecule has 0 atom stereocenters. The van der Waals surface area contributed by atoms with Gasteiger partial charge in [0, 0.05) is 31.0 Å². The Balaban J connectivity index is 2.01. The Kier molecular flexibility index (Phi) is 6.17. The van der Waals surface area contributed by atoms with Crippen molar-refractivity contribution in [2.75, 3.05) is 31.3 Å². The Morgan fingerprint density at radius 1 is 1.08 bits per heavy atom. The van der Waals surface area contributed by atoms with Gasteiger partial charge in [-0.3, -0.25) is 9.59 Å². The average molecular weight is 339 g/mol. The molecular weight excluding hydrogens is 314 g/mol. The number of aryl methyl sites for hydroxylation is 2. The number of hydrogen-bond donors (Lipinski definition) is 2. The molecule has 5 heteroatoms. The molecule has 0 bridgehead atoms. The van der Waals surface area contributed by atoms with Crippen LogP contribution in [0.15, 0.2) is 42.5 Å². The van der Waals surface area contributed by atoms with Gasteiger partial charge >= 0.3 is 0 Å². The van der Waals surface area contributed by atoms with Crippen molar-refractivity contribution in [1.29, 1.82) is 0 Å². The largest absolute Gasteiger partial charge is 0.376 e. The van der Waals surface area contributed by atoms with Crippen molar-refractivity contribution in [1.82, 2.24) is 4.90 Å². The number of carbonyl (C=O) groups is 2. The van der Waals surface area contributed by atoms with Crippen LogP contribution in [-0.4, -0.2) is 37.4 Å². The molecule has 0 aliphatic rings. The van der Waals surface area contributed by atoms with E-state index < -0.39 is 0 Å². The van der Waals surface area contributed by atoms with Crippen molar-refractivity contribution in [2.45, 2.75) is 20.3 Å². The molecule has 2 aromatic rings. The zero-order valence-electron chi connectivity index (χ0n) is 15.2. The molecule has 0 unspecified atom stereocenters. The number of para-hydroxylation sites is 1. The van der Waals surface area contributed by atoms with E-state index in [1.165, 1.54) is 4.90 Å². The van der Waals surface area contributed by atoms with Crippen LogP contribution in [0.4, 0.5) is 11.4 Å². The number of amides is 2. The van der Waals surface area contributed by atoms with Crippen molar-refractivity contribution >= 4 is 23.2 Å². The number of nitrogens with zero attached hydrogens (tertiary/aromatic N) is 1. The molecule has 0 fully saturated rings. The Morgan fingerprint density at radius 3 is 2.48 bits per heavy atom. The highest BCUT2D eigenvalue weighted by atomic mass is 16.2. The van der Waals surface area contributed by atoms with Gasteiger partial charge in [0.2, 0.25) is 5.91 Å². The number of anilines is 2. The van der Waals surface area contributed by atoms with Gasteiger partial charge in [0.25, 0.3) is 5.91 Å². The first kappa shape index (κ1) is 18.5. The molecule has 0 saturated carbocycles. The normalized spacial score (nSPS) is 10.2. The molecule has 0 aliphatic heterocycles. The van der Waals surface area contributed by atoms with E-state index in [0.717, 1.165) is 28.9 Å². The SMILES string of the molecule is CCc1cccc(C)c1NC(=O)CNc1cccc(C(=O)N(C)C)c1. The second-order valence-corrected chi connectivity index (χ2v) is 6.14. The summed E-state index contributed by atoms with van der Waals surface area (Å²) in [4.78, 5) is 25.8. The smallest absolute Gasteiger partial charge is 0.253 e. The molecule has 2 N–H and O–H groups in total. The van der Waals surface area contributed by atoms with Crippen LogP contribution in [-0.2, 0) is 11.2 Å². The third-order valence-electron chi connectivity index (χ3n) is 3.97. The third kappa shape index (κ3) is 4.83. The Bertz CT molecular complexity index is 769. The van der Waals surface area contributed by atoms with Gasteiger partial charge in [-0.25, -0.2) is 0 Å². The lowest BCUT2D eigenvalue weighted by molar-refractivity contribution is -0.114. The first-order valence-electron chi connectivity index (χ1n) is 8.36. The molecule has 0 spiro atoms. The maximum atomic E-state index is 12.3. The minimum Gasteiger partial charge on any atom is -0.376 e. The van der Waals surface area contributed by atoms with E-state index in [2.05, 4.69) is 17.6 Å². The molecule has 0 heterocycles. The summed E-state index contributed by atoms with van der Waals surface area (Å²) < 4.78 is 0. The molecule has 2 rings (SSSR count). The first-order valence-corrected chi connectivity index (χ1v) is 8.36. The van der Waals surface area contributed by atoms with Gasteiger partial charge in [-0.15, -0.1) is 0 Å².